The van der Waals surface area contributed by atoms with Crippen LogP contribution < -0.4 is 4.74 Å². The van der Waals surface area contributed by atoms with E-state index in [1.165, 1.54) is 89.2 Å². The molecule has 2 fully saturated rings. The zero-order valence-electron chi connectivity index (χ0n) is 22.5. The summed E-state index contributed by atoms with van der Waals surface area (Å²) in [5.41, 5.74) is 0.621. The van der Waals surface area contributed by atoms with Crippen molar-refractivity contribution in [2.45, 2.75) is 109 Å². The second-order valence-electron chi connectivity index (χ2n) is 11.5. The average Bonchev–Trinajstić information content (AvgIpc) is 2.92. The van der Waals surface area contributed by atoms with Gasteiger partial charge >= 0.3 is 6.11 Å². The van der Waals surface area contributed by atoms with Crippen LogP contribution in [0.4, 0.5) is 22.0 Å². The van der Waals surface area contributed by atoms with Crippen molar-refractivity contribution in [1.29, 1.82) is 0 Å². The number of halogens is 5. The van der Waals surface area contributed by atoms with Crippen LogP contribution in [0, 0.1) is 35.2 Å². The van der Waals surface area contributed by atoms with Gasteiger partial charge in [0.1, 0.15) is 5.75 Å². The predicted octanol–water partition coefficient (Wildman–Crippen LogP) is 10.7. The van der Waals surface area contributed by atoms with Crippen molar-refractivity contribution in [2.75, 3.05) is 0 Å². The molecule has 0 saturated heterocycles. The van der Waals surface area contributed by atoms with Crippen LogP contribution in [-0.2, 0) is 6.11 Å². The maximum absolute atomic E-state index is 14.6. The van der Waals surface area contributed by atoms with Gasteiger partial charge in [0.2, 0.25) is 0 Å². The summed E-state index contributed by atoms with van der Waals surface area (Å²) in [6, 6.07) is 6.85. The molecule has 0 bridgehead atoms. The van der Waals surface area contributed by atoms with Gasteiger partial charge in [-0.3, -0.25) is 0 Å². The van der Waals surface area contributed by atoms with Gasteiger partial charge in [-0.1, -0.05) is 70.4 Å². The van der Waals surface area contributed by atoms with Gasteiger partial charge in [-0.15, -0.1) is 0 Å². The number of rotatable bonds is 11. The summed E-state index contributed by atoms with van der Waals surface area (Å²) >= 11 is 0. The van der Waals surface area contributed by atoms with Crippen LogP contribution in [0.3, 0.4) is 0 Å². The first-order valence-corrected chi connectivity index (χ1v) is 14.6. The maximum atomic E-state index is 14.6. The summed E-state index contributed by atoms with van der Waals surface area (Å²) in [7, 11) is 0. The molecule has 0 spiro atoms. The van der Waals surface area contributed by atoms with Crippen LogP contribution in [0.25, 0.3) is 0 Å². The Morgan fingerprint density at radius 3 is 1.87 bits per heavy atom. The Morgan fingerprint density at radius 1 is 0.737 bits per heavy atom. The molecule has 0 radical (unpaired) electrons. The van der Waals surface area contributed by atoms with Gasteiger partial charge in [0, 0.05) is 12.1 Å². The van der Waals surface area contributed by atoms with E-state index >= 15 is 0 Å². The normalized spacial score (nSPS) is 24.4. The molecule has 0 N–H and O–H groups in total. The third kappa shape index (κ3) is 7.51. The number of unbranched alkanes of at least 4 members (excludes halogenated alkanes) is 4. The second kappa shape index (κ2) is 13.3. The number of alkyl halides is 2. The van der Waals surface area contributed by atoms with E-state index < -0.39 is 34.9 Å². The summed E-state index contributed by atoms with van der Waals surface area (Å²) in [4.78, 5) is 0. The Kier molecular flexibility index (Phi) is 10.1. The predicted molar refractivity (Wildman–Crippen MR) is 141 cm³/mol. The molecule has 2 saturated carbocycles. The summed E-state index contributed by atoms with van der Waals surface area (Å²) in [6.45, 7) is 2.26. The third-order valence-corrected chi connectivity index (χ3v) is 8.97. The van der Waals surface area contributed by atoms with E-state index in [4.69, 9.17) is 0 Å². The molecule has 0 unspecified atom stereocenters. The van der Waals surface area contributed by atoms with Gasteiger partial charge < -0.3 is 4.74 Å². The van der Waals surface area contributed by atoms with Crippen LogP contribution in [0.1, 0.15) is 114 Å². The number of hydrogen-bond acceptors (Lipinski definition) is 1. The van der Waals surface area contributed by atoms with Crippen LogP contribution in [0.2, 0.25) is 0 Å². The maximum Gasteiger partial charge on any atom is 0.426 e. The molecule has 2 aliphatic carbocycles. The number of ether oxygens (including phenoxy) is 1. The SMILES string of the molecule is CCCCCCCC1CCC(C2CCC(c3ccc(C(F)(F)Oc4cc(F)c(F)c(F)c4)cc3)CC2)CC1. The molecular weight excluding hydrogens is 495 g/mol. The zero-order valence-corrected chi connectivity index (χ0v) is 22.5. The Balaban J connectivity index is 1.23. The highest BCUT2D eigenvalue weighted by molar-refractivity contribution is 5.30. The van der Waals surface area contributed by atoms with E-state index in [0.717, 1.165) is 36.2 Å². The topological polar surface area (TPSA) is 9.23 Å². The second-order valence-corrected chi connectivity index (χ2v) is 11.5. The smallest absolute Gasteiger partial charge is 0.426 e. The quantitative estimate of drug-likeness (QED) is 0.158. The lowest BCUT2D eigenvalue weighted by Crippen LogP contribution is -2.25. The molecule has 0 aliphatic heterocycles. The minimum Gasteiger partial charge on any atom is -0.429 e. The van der Waals surface area contributed by atoms with Gasteiger partial charge in [0.05, 0.1) is 5.56 Å². The standard InChI is InChI=1S/C32H41F5O/c1-2-3-4-5-6-7-22-8-10-23(11-9-22)24-12-14-25(15-13-24)26-16-18-27(19-17-26)32(36,37)38-28-20-29(33)31(35)30(34)21-28/h16-25H,2-15H2,1H3. The molecule has 2 aromatic rings. The van der Waals surface area contributed by atoms with E-state index in [2.05, 4.69) is 11.7 Å². The molecule has 38 heavy (non-hydrogen) atoms. The molecule has 0 heterocycles. The Bertz CT molecular complexity index is 982. The zero-order chi connectivity index (χ0) is 27.1. The van der Waals surface area contributed by atoms with Crippen molar-refractivity contribution in [3.8, 4) is 5.75 Å². The fourth-order valence-electron chi connectivity index (χ4n) is 6.66. The lowest BCUT2D eigenvalue weighted by atomic mass is 9.68. The lowest BCUT2D eigenvalue weighted by molar-refractivity contribution is -0.185. The minimum atomic E-state index is -3.80. The Hall–Kier alpha value is -2.11. The highest BCUT2D eigenvalue weighted by Gasteiger charge is 2.36. The third-order valence-electron chi connectivity index (χ3n) is 8.97. The van der Waals surface area contributed by atoms with E-state index in [1.807, 2.05) is 0 Å². The molecule has 2 aromatic carbocycles. The molecule has 0 atom stereocenters. The highest BCUT2D eigenvalue weighted by atomic mass is 19.3. The van der Waals surface area contributed by atoms with Gasteiger partial charge in [-0.2, -0.15) is 8.78 Å². The van der Waals surface area contributed by atoms with E-state index in [9.17, 15) is 22.0 Å². The number of benzene rings is 2. The fourth-order valence-corrected chi connectivity index (χ4v) is 6.66. The highest BCUT2D eigenvalue weighted by Crippen LogP contribution is 2.45. The molecule has 4 rings (SSSR count). The largest absolute Gasteiger partial charge is 0.429 e. The molecular formula is C32H41F5O. The summed E-state index contributed by atoms with van der Waals surface area (Å²) in [6.07, 6.45) is 14.4. The van der Waals surface area contributed by atoms with Gasteiger partial charge in [-0.25, -0.2) is 13.2 Å². The van der Waals surface area contributed by atoms with Crippen LogP contribution in [-0.4, -0.2) is 0 Å². The number of hydrogen-bond donors (Lipinski definition) is 0. The van der Waals surface area contributed by atoms with Crippen LogP contribution in [0.5, 0.6) is 5.75 Å². The van der Waals surface area contributed by atoms with E-state index in [0.29, 0.717) is 18.1 Å². The van der Waals surface area contributed by atoms with Crippen molar-refractivity contribution >= 4 is 0 Å². The lowest BCUT2D eigenvalue weighted by Gasteiger charge is -2.38. The Morgan fingerprint density at radius 2 is 1.29 bits per heavy atom. The van der Waals surface area contributed by atoms with Crippen LogP contribution >= 0.6 is 0 Å². The molecule has 0 aromatic heterocycles. The average molecular weight is 537 g/mol. The van der Waals surface area contributed by atoms with Gasteiger partial charge in [-0.05, 0) is 79.9 Å². The minimum absolute atomic E-state index is 0.356. The summed E-state index contributed by atoms with van der Waals surface area (Å²) in [5.74, 6) is -2.74. The molecule has 210 valence electrons. The van der Waals surface area contributed by atoms with Gasteiger partial charge in [0.15, 0.2) is 17.5 Å². The van der Waals surface area contributed by atoms with E-state index in [1.54, 1.807) is 12.1 Å². The fraction of sp³-hybridized carbons (Fsp3) is 0.625. The summed E-state index contributed by atoms with van der Waals surface area (Å²) < 4.78 is 73.6. The van der Waals surface area contributed by atoms with Crippen molar-refractivity contribution in [1.82, 2.24) is 0 Å². The van der Waals surface area contributed by atoms with Crippen molar-refractivity contribution in [3.05, 3.63) is 65.0 Å². The first kappa shape index (κ1) is 28.9. The van der Waals surface area contributed by atoms with Crippen molar-refractivity contribution in [2.24, 2.45) is 17.8 Å². The van der Waals surface area contributed by atoms with Gasteiger partial charge in [0.25, 0.3) is 0 Å². The molecule has 0 amide bonds. The van der Waals surface area contributed by atoms with Crippen molar-refractivity contribution in [3.63, 3.8) is 0 Å². The Labute approximate surface area is 224 Å². The van der Waals surface area contributed by atoms with Crippen LogP contribution in [0.15, 0.2) is 36.4 Å². The molecule has 1 nitrogen and oxygen atoms in total. The first-order valence-electron chi connectivity index (χ1n) is 14.6. The monoisotopic (exact) mass is 536 g/mol. The molecule has 6 heteroatoms. The molecule has 2 aliphatic rings. The van der Waals surface area contributed by atoms with Crippen molar-refractivity contribution < 1.29 is 26.7 Å². The summed E-state index contributed by atoms with van der Waals surface area (Å²) in [5, 5.41) is 0. The first-order chi connectivity index (χ1) is 18.3. The van der Waals surface area contributed by atoms with E-state index in [-0.39, 0.29) is 0 Å².